The van der Waals surface area contributed by atoms with Crippen molar-refractivity contribution in [3.05, 3.63) is 129 Å². The number of nitrogens with one attached hydrogen (secondary N) is 1. The van der Waals surface area contributed by atoms with Crippen LogP contribution in [0.1, 0.15) is 42.5 Å². The highest BCUT2D eigenvalue weighted by Gasteiger charge is 2.35. The number of benzene rings is 4. The van der Waals surface area contributed by atoms with E-state index in [2.05, 4.69) is 5.32 Å². The Morgan fingerprint density at radius 2 is 1.37 bits per heavy atom. The molecule has 0 aromatic heterocycles. The predicted octanol–water partition coefficient (Wildman–Crippen LogP) is 7.36. The summed E-state index contributed by atoms with van der Waals surface area (Å²) in [6.45, 7) is 6.93. The molecule has 0 bridgehead atoms. The van der Waals surface area contributed by atoms with Crippen molar-refractivity contribution in [1.82, 2.24) is 10.2 Å². The molecule has 0 aliphatic rings. The summed E-state index contributed by atoms with van der Waals surface area (Å²) in [6, 6.07) is 26.6. The third kappa shape index (κ3) is 8.69. The Morgan fingerprint density at radius 1 is 0.804 bits per heavy atom. The maximum absolute atomic E-state index is 14.6. The molecule has 2 atom stereocenters. The molecule has 4 rings (SSSR count). The van der Waals surface area contributed by atoms with E-state index in [1.165, 1.54) is 17.0 Å². The van der Waals surface area contributed by atoms with Gasteiger partial charge in [0.25, 0.3) is 10.0 Å². The van der Waals surface area contributed by atoms with Crippen molar-refractivity contribution in [2.75, 3.05) is 10.8 Å². The quantitative estimate of drug-likeness (QED) is 0.160. The smallest absolute Gasteiger partial charge is 0.264 e. The Morgan fingerprint density at radius 3 is 1.93 bits per heavy atom. The first kappa shape index (κ1) is 35.0. The summed E-state index contributed by atoms with van der Waals surface area (Å²) in [4.78, 5) is 30.0. The minimum Gasteiger partial charge on any atom is -0.352 e. The van der Waals surface area contributed by atoms with Crippen molar-refractivity contribution < 1.29 is 18.0 Å². The molecule has 4 aromatic rings. The lowest BCUT2D eigenvalue weighted by Gasteiger charge is -2.34. The first-order valence-electron chi connectivity index (χ1n) is 15.1. The van der Waals surface area contributed by atoms with Crippen LogP contribution in [0.3, 0.4) is 0 Å². The van der Waals surface area contributed by atoms with Crippen molar-refractivity contribution >= 4 is 50.7 Å². The maximum atomic E-state index is 14.6. The van der Waals surface area contributed by atoms with E-state index >= 15 is 0 Å². The average molecular weight is 681 g/mol. The number of sulfonamides is 1. The molecule has 4 aromatic carbocycles. The molecule has 242 valence electrons. The van der Waals surface area contributed by atoms with Gasteiger partial charge in [0.1, 0.15) is 12.6 Å². The molecule has 2 amide bonds. The van der Waals surface area contributed by atoms with Gasteiger partial charge in [0.15, 0.2) is 0 Å². The summed E-state index contributed by atoms with van der Waals surface area (Å²) in [5.74, 6) is -0.953. The van der Waals surface area contributed by atoms with Gasteiger partial charge in [-0.2, -0.15) is 0 Å². The second-order valence-electron chi connectivity index (χ2n) is 11.4. The van der Waals surface area contributed by atoms with Crippen LogP contribution in [0.4, 0.5) is 5.69 Å². The minimum atomic E-state index is -4.20. The molecule has 0 spiro atoms. The third-order valence-electron chi connectivity index (χ3n) is 7.87. The van der Waals surface area contributed by atoms with E-state index in [9.17, 15) is 18.0 Å². The van der Waals surface area contributed by atoms with E-state index in [0.29, 0.717) is 27.7 Å². The SMILES string of the molecule is CC[C@H](C)NC(=O)[C@H](Cc1ccccc1)N(Cc1c(Cl)cccc1Cl)C(=O)CN(c1ccc(C)cc1)S(=O)(=O)c1ccc(C)cc1. The number of carbonyl (C=O) groups excluding carboxylic acids is 2. The highest BCUT2D eigenvalue weighted by molar-refractivity contribution is 7.92. The number of halogens is 2. The fraction of sp³-hybridized carbons (Fsp3) is 0.278. The molecule has 0 radical (unpaired) electrons. The van der Waals surface area contributed by atoms with Crippen molar-refractivity contribution in [2.24, 2.45) is 0 Å². The van der Waals surface area contributed by atoms with Gasteiger partial charge in [-0.3, -0.25) is 13.9 Å². The second kappa shape index (κ2) is 15.6. The van der Waals surface area contributed by atoms with Gasteiger partial charge in [-0.05, 0) is 69.2 Å². The summed E-state index contributed by atoms with van der Waals surface area (Å²) in [6.07, 6.45) is 0.871. The molecule has 46 heavy (non-hydrogen) atoms. The largest absolute Gasteiger partial charge is 0.352 e. The molecular formula is C36H39Cl2N3O4S. The summed E-state index contributed by atoms with van der Waals surface area (Å²) >= 11 is 13.2. The molecule has 1 N–H and O–H groups in total. The lowest BCUT2D eigenvalue weighted by atomic mass is 10.0. The van der Waals surface area contributed by atoms with Crippen molar-refractivity contribution in [3.8, 4) is 0 Å². The Bertz CT molecular complexity index is 1730. The Hall–Kier alpha value is -3.85. The predicted molar refractivity (Wildman–Crippen MR) is 186 cm³/mol. The van der Waals surface area contributed by atoms with Crippen LogP contribution in [0.25, 0.3) is 0 Å². The summed E-state index contributed by atoms with van der Waals surface area (Å²) < 4.78 is 29.4. The van der Waals surface area contributed by atoms with Crippen LogP contribution >= 0.6 is 23.2 Å². The third-order valence-corrected chi connectivity index (χ3v) is 10.4. The van der Waals surface area contributed by atoms with Crippen molar-refractivity contribution in [3.63, 3.8) is 0 Å². The zero-order valence-corrected chi connectivity index (χ0v) is 28.7. The average Bonchev–Trinajstić information content (AvgIpc) is 3.03. The number of nitrogens with zero attached hydrogens (tertiary/aromatic N) is 2. The number of hydrogen-bond donors (Lipinski definition) is 1. The zero-order valence-electron chi connectivity index (χ0n) is 26.4. The standard InChI is InChI=1S/C36H39Cl2N3O4S/c1-5-27(4)39-36(43)34(22-28-10-7-6-8-11-28)40(23-31-32(37)12-9-13-33(31)38)35(42)24-41(29-18-14-25(2)15-19-29)46(44,45)30-20-16-26(3)17-21-30/h6-21,27,34H,5,22-24H2,1-4H3,(H,39,43)/t27-,34-/m0/s1. The molecule has 10 heteroatoms. The molecule has 7 nitrogen and oxygen atoms in total. The van der Waals surface area contributed by atoms with Crippen LogP contribution in [0, 0.1) is 13.8 Å². The molecule has 0 aliphatic carbocycles. The molecule has 0 aliphatic heterocycles. The van der Waals surface area contributed by atoms with Gasteiger partial charge in [0.05, 0.1) is 10.6 Å². The fourth-order valence-electron chi connectivity index (χ4n) is 4.93. The maximum Gasteiger partial charge on any atom is 0.264 e. The Labute approximate surface area is 282 Å². The van der Waals surface area contributed by atoms with Gasteiger partial charge in [-0.15, -0.1) is 0 Å². The zero-order chi connectivity index (χ0) is 33.4. The first-order chi connectivity index (χ1) is 21.9. The molecular weight excluding hydrogens is 641 g/mol. The molecule has 0 fully saturated rings. The summed E-state index contributed by atoms with van der Waals surface area (Å²) in [5, 5.41) is 3.68. The monoisotopic (exact) mass is 679 g/mol. The van der Waals surface area contributed by atoms with Crippen molar-refractivity contribution in [1.29, 1.82) is 0 Å². The van der Waals surface area contributed by atoms with Crippen LogP contribution in [-0.4, -0.2) is 43.8 Å². The Balaban J connectivity index is 1.84. The van der Waals surface area contributed by atoms with Crippen LogP contribution in [0.2, 0.25) is 10.0 Å². The molecule has 0 saturated heterocycles. The summed E-state index contributed by atoms with van der Waals surface area (Å²) in [5.41, 5.74) is 3.44. The summed E-state index contributed by atoms with van der Waals surface area (Å²) in [7, 11) is -4.20. The number of anilines is 1. The Kier molecular flexibility index (Phi) is 11.9. The van der Waals surface area contributed by atoms with Gasteiger partial charge >= 0.3 is 0 Å². The van der Waals surface area contributed by atoms with E-state index in [1.54, 1.807) is 54.6 Å². The fourth-order valence-corrected chi connectivity index (χ4v) is 6.86. The lowest BCUT2D eigenvalue weighted by molar-refractivity contribution is -0.140. The number of rotatable bonds is 13. The van der Waals surface area contributed by atoms with Gasteiger partial charge in [0, 0.05) is 34.6 Å². The highest BCUT2D eigenvalue weighted by Crippen LogP contribution is 2.29. The van der Waals surface area contributed by atoms with Gasteiger partial charge < -0.3 is 10.2 Å². The van der Waals surface area contributed by atoms with Crippen LogP contribution in [0.5, 0.6) is 0 Å². The van der Waals surface area contributed by atoms with Crippen molar-refractivity contribution in [2.45, 2.75) is 64.1 Å². The number of carbonyl (C=O) groups is 2. The van der Waals surface area contributed by atoms with E-state index < -0.39 is 28.5 Å². The molecule has 0 unspecified atom stereocenters. The normalized spacial score (nSPS) is 12.7. The van der Waals surface area contributed by atoms with Gasteiger partial charge in [-0.25, -0.2) is 8.42 Å². The van der Waals surface area contributed by atoms with E-state index in [4.69, 9.17) is 23.2 Å². The number of hydrogen-bond acceptors (Lipinski definition) is 4. The first-order valence-corrected chi connectivity index (χ1v) is 17.3. The minimum absolute atomic E-state index is 0.0440. The van der Waals surface area contributed by atoms with Crippen LogP contribution in [-0.2, 0) is 32.6 Å². The number of aryl methyl sites for hydroxylation is 2. The molecule has 0 heterocycles. The lowest BCUT2D eigenvalue weighted by Crippen LogP contribution is -2.54. The van der Waals surface area contributed by atoms with E-state index in [0.717, 1.165) is 21.0 Å². The van der Waals surface area contributed by atoms with E-state index in [1.807, 2.05) is 58.0 Å². The second-order valence-corrected chi connectivity index (χ2v) is 14.1. The number of amides is 2. The van der Waals surface area contributed by atoms with Crippen LogP contribution in [0.15, 0.2) is 102 Å². The molecule has 0 saturated carbocycles. The van der Waals surface area contributed by atoms with Gasteiger partial charge in [-0.1, -0.05) is 102 Å². The van der Waals surface area contributed by atoms with Crippen LogP contribution < -0.4 is 9.62 Å². The topological polar surface area (TPSA) is 86.8 Å². The highest BCUT2D eigenvalue weighted by atomic mass is 35.5. The van der Waals surface area contributed by atoms with Gasteiger partial charge in [0.2, 0.25) is 11.8 Å². The van der Waals surface area contributed by atoms with E-state index in [-0.39, 0.29) is 29.8 Å².